The number of amides is 1. The third kappa shape index (κ3) is 3.32. The average Bonchev–Trinajstić information content (AvgIpc) is 3.04. The maximum atomic E-state index is 12.0. The lowest BCUT2D eigenvalue weighted by Gasteiger charge is -2.17. The smallest absolute Gasteiger partial charge is 0.223 e. The molecule has 18 heavy (non-hydrogen) atoms. The van der Waals surface area contributed by atoms with Gasteiger partial charge in [0.2, 0.25) is 5.91 Å². The van der Waals surface area contributed by atoms with Crippen LogP contribution in [0.1, 0.15) is 25.7 Å². The van der Waals surface area contributed by atoms with Crippen LogP contribution in [0, 0.1) is 11.8 Å². The molecule has 2 atom stereocenters. The van der Waals surface area contributed by atoms with Gasteiger partial charge in [0.05, 0.1) is 6.33 Å². The lowest BCUT2D eigenvalue weighted by Crippen LogP contribution is -2.35. The number of nitrogens with one attached hydrogen (secondary N) is 1. The Hall–Kier alpha value is -1.36. The van der Waals surface area contributed by atoms with E-state index in [-0.39, 0.29) is 11.8 Å². The van der Waals surface area contributed by atoms with E-state index in [2.05, 4.69) is 10.3 Å². The number of aromatic nitrogens is 2. The van der Waals surface area contributed by atoms with Crippen molar-refractivity contribution in [3.8, 4) is 0 Å². The molecule has 1 amide bonds. The number of imidazole rings is 1. The first-order valence-corrected chi connectivity index (χ1v) is 6.75. The van der Waals surface area contributed by atoms with Gasteiger partial charge >= 0.3 is 0 Å². The Morgan fingerprint density at radius 3 is 3.11 bits per heavy atom. The molecule has 3 N–H and O–H groups in total. The molecule has 1 fully saturated rings. The van der Waals surface area contributed by atoms with Gasteiger partial charge in [-0.05, 0) is 31.7 Å². The zero-order valence-corrected chi connectivity index (χ0v) is 10.7. The summed E-state index contributed by atoms with van der Waals surface area (Å²) in [5.74, 6) is 0.718. The lowest BCUT2D eigenvalue weighted by atomic mass is 9.95. The van der Waals surface area contributed by atoms with Gasteiger partial charge in [-0.15, -0.1) is 0 Å². The normalized spacial score (nSPS) is 23.2. The molecule has 0 aromatic carbocycles. The van der Waals surface area contributed by atoms with E-state index in [9.17, 15) is 4.79 Å². The minimum absolute atomic E-state index is 0.142. The Balaban J connectivity index is 1.65. The summed E-state index contributed by atoms with van der Waals surface area (Å²) in [6.07, 6.45) is 9.66. The van der Waals surface area contributed by atoms with E-state index in [1.54, 1.807) is 12.5 Å². The Morgan fingerprint density at radius 2 is 2.39 bits per heavy atom. The maximum Gasteiger partial charge on any atom is 0.223 e. The molecule has 0 bridgehead atoms. The minimum atomic E-state index is 0.142. The first kappa shape index (κ1) is 13.1. The predicted molar refractivity (Wildman–Crippen MR) is 69.7 cm³/mol. The molecule has 0 spiro atoms. The van der Waals surface area contributed by atoms with Gasteiger partial charge in [-0.3, -0.25) is 4.79 Å². The van der Waals surface area contributed by atoms with Crippen LogP contribution in [0.3, 0.4) is 0 Å². The molecular weight excluding hydrogens is 228 g/mol. The van der Waals surface area contributed by atoms with Crippen LogP contribution in [0.2, 0.25) is 0 Å². The molecular formula is C13H22N4O. The van der Waals surface area contributed by atoms with Gasteiger partial charge in [0, 0.05) is 31.4 Å². The summed E-state index contributed by atoms with van der Waals surface area (Å²) in [5.41, 5.74) is 5.69. The Kier molecular flexibility index (Phi) is 4.75. The monoisotopic (exact) mass is 250 g/mol. The summed E-state index contributed by atoms with van der Waals surface area (Å²) in [7, 11) is 0. The molecule has 0 aliphatic heterocycles. The van der Waals surface area contributed by atoms with Gasteiger partial charge in [-0.25, -0.2) is 4.98 Å². The summed E-state index contributed by atoms with van der Waals surface area (Å²) >= 11 is 0. The Labute approximate surface area is 108 Å². The van der Waals surface area contributed by atoms with Crippen molar-refractivity contribution < 1.29 is 4.79 Å². The minimum Gasteiger partial charge on any atom is -0.356 e. The number of carbonyl (C=O) groups excluding carboxylic acids is 1. The first-order chi connectivity index (χ1) is 8.81. The van der Waals surface area contributed by atoms with Crippen molar-refractivity contribution in [1.29, 1.82) is 0 Å². The molecule has 1 heterocycles. The van der Waals surface area contributed by atoms with Crippen LogP contribution in [0.25, 0.3) is 0 Å². The summed E-state index contributed by atoms with van der Waals surface area (Å²) in [4.78, 5) is 16.0. The molecule has 100 valence electrons. The Morgan fingerprint density at radius 1 is 1.50 bits per heavy atom. The maximum absolute atomic E-state index is 12.0. The van der Waals surface area contributed by atoms with E-state index in [0.29, 0.717) is 12.5 Å². The van der Waals surface area contributed by atoms with Crippen molar-refractivity contribution in [2.24, 2.45) is 17.6 Å². The van der Waals surface area contributed by atoms with Crippen LogP contribution in [0.15, 0.2) is 18.7 Å². The number of carbonyl (C=O) groups is 1. The SMILES string of the molecule is NCC1CCCC1C(=O)NCCCn1ccnc1. The second-order valence-corrected chi connectivity index (χ2v) is 4.98. The van der Waals surface area contributed by atoms with Crippen LogP contribution in [-0.2, 0) is 11.3 Å². The largest absolute Gasteiger partial charge is 0.356 e. The highest BCUT2D eigenvalue weighted by Crippen LogP contribution is 2.30. The number of rotatable bonds is 6. The predicted octanol–water partition coefficient (Wildman–Crippen LogP) is 0.764. The fourth-order valence-corrected chi connectivity index (χ4v) is 2.69. The highest BCUT2D eigenvalue weighted by molar-refractivity contribution is 5.79. The summed E-state index contributed by atoms with van der Waals surface area (Å²) in [5, 5.41) is 3.02. The van der Waals surface area contributed by atoms with E-state index in [0.717, 1.165) is 38.8 Å². The van der Waals surface area contributed by atoms with Gasteiger partial charge in [-0.1, -0.05) is 6.42 Å². The van der Waals surface area contributed by atoms with E-state index < -0.39 is 0 Å². The van der Waals surface area contributed by atoms with Crippen molar-refractivity contribution in [2.75, 3.05) is 13.1 Å². The zero-order chi connectivity index (χ0) is 12.8. The van der Waals surface area contributed by atoms with Crippen LogP contribution in [0.4, 0.5) is 0 Å². The van der Waals surface area contributed by atoms with Gasteiger partial charge in [0.15, 0.2) is 0 Å². The molecule has 1 saturated carbocycles. The third-order valence-electron chi connectivity index (χ3n) is 3.75. The molecule has 2 unspecified atom stereocenters. The second kappa shape index (κ2) is 6.54. The fraction of sp³-hybridized carbons (Fsp3) is 0.692. The molecule has 0 saturated heterocycles. The summed E-state index contributed by atoms with van der Waals surface area (Å²) < 4.78 is 2.02. The fourth-order valence-electron chi connectivity index (χ4n) is 2.69. The zero-order valence-electron chi connectivity index (χ0n) is 10.7. The molecule has 1 aromatic rings. The van der Waals surface area contributed by atoms with Crippen molar-refractivity contribution in [1.82, 2.24) is 14.9 Å². The van der Waals surface area contributed by atoms with E-state index in [1.165, 1.54) is 0 Å². The van der Waals surface area contributed by atoms with Crippen molar-refractivity contribution in [2.45, 2.75) is 32.2 Å². The first-order valence-electron chi connectivity index (χ1n) is 6.75. The average molecular weight is 250 g/mol. The van der Waals surface area contributed by atoms with Gasteiger partial charge in [0.25, 0.3) is 0 Å². The number of nitrogens with zero attached hydrogens (tertiary/aromatic N) is 2. The second-order valence-electron chi connectivity index (χ2n) is 4.98. The molecule has 1 aliphatic rings. The van der Waals surface area contributed by atoms with E-state index in [1.807, 2.05) is 10.8 Å². The van der Waals surface area contributed by atoms with E-state index in [4.69, 9.17) is 5.73 Å². The van der Waals surface area contributed by atoms with Gasteiger partial charge < -0.3 is 15.6 Å². The molecule has 1 aliphatic carbocycles. The van der Waals surface area contributed by atoms with E-state index >= 15 is 0 Å². The molecule has 0 radical (unpaired) electrons. The van der Waals surface area contributed by atoms with Crippen LogP contribution >= 0.6 is 0 Å². The number of hydrogen-bond donors (Lipinski definition) is 2. The van der Waals surface area contributed by atoms with Crippen LogP contribution in [-0.4, -0.2) is 28.5 Å². The quantitative estimate of drug-likeness (QED) is 0.732. The van der Waals surface area contributed by atoms with Crippen molar-refractivity contribution >= 4 is 5.91 Å². The Bertz CT molecular complexity index is 363. The van der Waals surface area contributed by atoms with Crippen molar-refractivity contribution in [3.05, 3.63) is 18.7 Å². The van der Waals surface area contributed by atoms with Gasteiger partial charge in [0.1, 0.15) is 0 Å². The number of hydrogen-bond acceptors (Lipinski definition) is 3. The topological polar surface area (TPSA) is 72.9 Å². The lowest BCUT2D eigenvalue weighted by molar-refractivity contribution is -0.125. The third-order valence-corrected chi connectivity index (χ3v) is 3.75. The highest BCUT2D eigenvalue weighted by atomic mass is 16.1. The van der Waals surface area contributed by atoms with Gasteiger partial charge in [-0.2, -0.15) is 0 Å². The van der Waals surface area contributed by atoms with Crippen molar-refractivity contribution in [3.63, 3.8) is 0 Å². The van der Waals surface area contributed by atoms with Crippen LogP contribution < -0.4 is 11.1 Å². The molecule has 5 nitrogen and oxygen atoms in total. The summed E-state index contributed by atoms with van der Waals surface area (Å²) in [6, 6.07) is 0. The summed E-state index contributed by atoms with van der Waals surface area (Å²) in [6.45, 7) is 2.25. The highest BCUT2D eigenvalue weighted by Gasteiger charge is 2.31. The molecule has 1 aromatic heterocycles. The number of nitrogens with two attached hydrogens (primary N) is 1. The standard InChI is InChI=1S/C13H22N4O/c14-9-11-3-1-4-12(11)13(18)16-5-2-7-17-8-6-15-10-17/h6,8,10-12H,1-5,7,9,14H2,(H,16,18). The number of aryl methyl sites for hydroxylation is 1. The van der Waals surface area contributed by atoms with Crippen LogP contribution in [0.5, 0.6) is 0 Å². The molecule has 5 heteroatoms. The molecule has 2 rings (SSSR count).